The molecule has 1 aliphatic rings. The number of carbonyl (C=O) groups excluding carboxylic acids is 1. The maximum Gasteiger partial charge on any atom is 0.263 e. The standard InChI is InChI=1S/C19H20BrNO4/c1-13(24-15-9-7-14(20)8-10-15)19(22)21(2)11-16-12-23-17-5-3-4-6-18(17)25-16/h3-10,13,16H,11-12H2,1-2H3. The van der Waals surface area contributed by atoms with E-state index in [1.165, 1.54) is 0 Å². The number of ether oxygens (including phenoxy) is 3. The van der Waals surface area contributed by atoms with Crippen LogP contribution in [0.5, 0.6) is 17.2 Å². The van der Waals surface area contributed by atoms with Gasteiger partial charge in [0.25, 0.3) is 5.91 Å². The predicted octanol–water partition coefficient (Wildman–Crippen LogP) is 3.51. The first-order valence-corrected chi connectivity index (χ1v) is 8.88. The van der Waals surface area contributed by atoms with Crippen molar-refractivity contribution < 1.29 is 19.0 Å². The van der Waals surface area contributed by atoms with Gasteiger partial charge in [0.1, 0.15) is 12.4 Å². The van der Waals surface area contributed by atoms with Gasteiger partial charge in [-0.05, 0) is 43.3 Å². The lowest BCUT2D eigenvalue weighted by atomic mass is 10.2. The van der Waals surface area contributed by atoms with Crippen LogP contribution in [0.2, 0.25) is 0 Å². The van der Waals surface area contributed by atoms with E-state index in [4.69, 9.17) is 14.2 Å². The number of carbonyl (C=O) groups is 1. The van der Waals surface area contributed by atoms with Crippen molar-refractivity contribution in [3.8, 4) is 17.2 Å². The molecule has 1 amide bonds. The Labute approximate surface area is 155 Å². The zero-order valence-corrected chi connectivity index (χ0v) is 15.7. The summed E-state index contributed by atoms with van der Waals surface area (Å²) in [6.07, 6.45) is -0.785. The van der Waals surface area contributed by atoms with Gasteiger partial charge in [-0.2, -0.15) is 0 Å². The SMILES string of the molecule is CC(Oc1ccc(Br)cc1)C(=O)N(C)CC1COc2ccccc2O1. The predicted molar refractivity (Wildman–Crippen MR) is 98.2 cm³/mol. The zero-order chi connectivity index (χ0) is 17.8. The van der Waals surface area contributed by atoms with E-state index in [-0.39, 0.29) is 12.0 Å². The average Bonchev–Trinajstić information content (AvgIpc) is 2.62. The third-order valence-electron chi connectivity index (χ3n) is 3.90. The molecule has 0 aliphatic carbocycles. The Bertz CT molecular complexity index is 734. The number of likely N-dealkylation sites (N-methyl/N-ethyl adjacent to an activating group) is 1. The first-order valence-electron chi connectivity index (χ1n) is 8.08. The van der Waals surface area contributed by atoms with Crippen LogP contribution in [-0.2, 0) is 4.79 Å². The van der Waals surface area contributed by atoms with Crippen LogP contribution >= 0.6 is 15.9 Å². The Morgan fingerprint density at radius 1 is 1.24 bits per heavy atom. The van der Waals surface area contributed by atoms with Crippen LogP contribution in [0.15, 0.2) is 53.0 Å². The molecular formula is C19H20BrNO4. The number of benzene rings is 2. The van der Waals surface area contributed by atoms with Crippen LogP contribution in [-0.4, -0.2) is 43.2 Å². The molecule has 1 heterocycles. The van der Waals surface area contributed by atoms with E-state index in [9.17, 15) is 4.79 Å². The van der Waals surface area contributed by atoms with Crippen molar-refractivity contribution in [3.05, 3.63) is 53.0 Å². The molecule has 0 bridgehead atoms. The molecular weight excluding hydrogens is 386 g/mol. The first kappa shape index (κ1) is 17.6. The number of hydrogen-bond donors (Lipinski definition) is 0. The molecule has 0 saturated heterocycles. The van der Waals surface area contributed by atoms with Crippen molar-refractivity contribution in [2.45, 2.75) is 19.1 Å². The highest BCUT2D eigenvalue weighted by molar-refractivity contribution is 9.10. The van der Waals surface area contributed by atoms with Crippen molar-refractivity contribution in [3.63, 3.8) is 0 Å². The van der Waals surface area contributed by atoms with Gasteiger partial charge in [0.15, 0.2) is 23.7 Å². The van der Waals surface area contributed by atoms with Crippen LogP contribution in [0.1, 0.15) is 6.92 Å². The van der Waals surface area contributed by atoms with Gasteiger partial charge in [-0.3, -0.25) is 4.79 Å². The van der Waals surface area contributed by atoms with Gasteiger partial charge in [-0.15, -0.1) is 0 Å². The highest BCUT2D eigenvalue weighted by Crippen LogP contribution is 2.31. The minimum atomic E-state index is -0.581. The van der Waals surface area contributed by atoms with Crippen LogP contribution in [0.3, 0.4) is 0 Å². The van der Waals surface area contributed by atoms with Gasteiger partial charge in [-0.1, -0.05) is 28.1 Å². The van der Waals surface area contributed by atoms with Gasteiger partial charge in [0.2, 0.25) is 0 Å². The quantitative estimate of drug-likeness (QED) is 0.763. The minimum absolute atomic E-state index is 0.106. The molecule has 2 aromatic carbocycles. The van der Waals surface area contributed by atoms with E-state index in [1.54, 1.807) is 18.9 Å². The summed E-state index contributed by atoms with van der Waals surface area (Å²) in [6.45, 7) is 2.59. The van der Waals surface area contributed by atoms with Gasteiger partial charge in [0, 0.05) is 11.5 Å². The third-order valence-corrected chi connectivity index (χ3v) is 4.42. The number of rotatable bonds is 5. The van der Waals surface area contributed by atoms with E-state index in [0.29, 0.717) is 24.7 Å². The molecule has 2 atom stereocenters. The van der Waals surface area contributed by atoms with Crippen molar-refractivity contribution in [1.29, 1.82) is 0 Å². The van der Waals surface area contributed by atoms with E-state index >= 15 is 0 Å². The number of fused-ring (bicyclic) bond motifs is 1. The van der Waals surface area contributed by atoms with Crippen molar-refractivity contribution in [2.24, 2.45) is 0 Å². The number of hydrogen-bond acceptors (Lipinski definition) is 4. The summed E-state index contributed by atoms with van der Waals surface area (Å²) in [7, 11) is 1.74. The molecule has 0 radical (unpaired) electrons. The monoisotopic (exact) mass is 405 g/mol. The molecule has 0 saturated carbocycles. The Kier molecular flexibility index (Phi) is 5.48. The fourth-order valence-corrected chi connectivity index (χ4v) is 2.89. The number of halogens is 1. The summed E-state index contributed by atoms with van der Waals surface area (Å²) >= 11 is 3.37. The average molecular weight is 406 g/mol. The highest BCUT2D eigenvalue weighted by Gasteiger charge is 2.26. The third kappa shape index (κ3) is 4.45. The first-order chi connectivity index (χ1) is 12.0. The maximum absolute atomic E-state index is 12.5. The highest BCUT2D eigenvalue weighted by atomic mass is 79.9. The molecule has 0 aromatic heterocycles. The van der Waals surface area contributed by atoms with Crippen molar-refractivity contribution >= 4 is 21.8 Å². The fourth-order valence-electron chi connectivity index (χ4n) is 2.63. The summed E-state index contributed by atoms with van der Waals surface area (Å²) < 4.78 is 18.3. The van der Waals surface area contributed by atoms with Gasteiger partial charge < -0.3 is 19.1 Å². The van der Waals surface area contributed by atoms with E-state index < -0.39 is 6.10 Å². The molecule has 5 nitrogen and oxygen atoms in total. The van der Waals surface area contributed by atoms with Gasteiger partial charge >= 0.3 is 0 Å². The van der Waals surface area contributed by atoms with Crippen LogP contribution in [0.25, 0.3) is 0 Å². The largest absolute Gasteiger partial charge is 0.486 e. The molecule has 1 aliphatic heterocycles. The van der Waals surface area contributed by atoms with Crippen LogP contribution in [0, 0.1) is 0 Å². The molecule has 132 valence electrons. The van der Waals surface area contributed by atoms with E-state index in [0.717, 1.165) is 10.2 Å². The molecule has 6 heteroatoms. The Morgan fingerprint density at radius 2 is 1.92 bits per heavy atom. The zero-order valence-electron chi connectivity index (χ0n) is 14.1. The van der Waals surface area contributed by atoms with Crippen molar-refractivity contribution in [2.75, 3.05) is 20.2 Å². The number of amides is 1. The van der Waals surface area contributed by atoms with E-state index in [2.05, 4.69) is 15.9 Å². The lowest BCUT2D eigenvalue weighted by Crippen LogP contribution is -2.45. The lowest BCUT2D eigenvalue weighted by molar-refractivity contribution is -0.138. The van der Waals surface area contributed by atoms with Gasteiger partial charge in [0.05, 0.1) is 6.54 Å². The lowest BCUT2D eigenvalue weighted by Gasteiger charge is -2.30. The summed E-state index contributed by atoms with van der Waals surface area (Å²) in [5.74, 6) is 1.99. The molecule has 2 unspecified atom stereocenters. The van der Waals surface area contributed by atoms with E-state index in [1.807, 2.05) is 48.5 Å². The molecule has 0 N–H and O–H groups in total. The smallest absolute Gasteiger partial charge is 0.263 e. The second-order valence-corrected chi connectivity index (χ2v) is 6.85. The Hall–Kier alpha value is -2.21. The molecule has 2 aromatic rings. The van der Waals surface area contributed by atoms with Crippen LogP contribution < -0.4 is 14.2 Å². The van der Waals surface area contributed by atoms with Crippen LogP contribution in [0.4, 0.5) is 0 Å². The second kappa shape index (κ2) is 7.78. The van der Waals surface area contributed by atoms with Gasteiger partial charge in [-0.25, -0.2) is 0 Å². The molecule has 3 rings (SSSR count). The molecule has 0 spiro atoms. The number of nitrogens with zero attached hydrogens (tertiary/aromatic N) is 1. The molecule has 0 fully saturated rings. The second-order valence-electron chi connectivity index (χ2n) is 5.93. The normalized spacial score (nSPS) is 16.8. The summed E-state index contributed by atoms with van der Waals surface area (Å²) in [6, 6.07) is 14.9. The van der Waals surface area contributed by atoms with Crippen molar-refractivity contribution in [1.82, 2.24) is 4.90 Å². The maximum atomic E-state index is 12.5. The summed E-state index contributed by atoms with van der Waals surface area (Å²) in [5.41, 5.74) is 0. The summed E-state index contributed by atoms with van der Waals surface area (Å²) in [4.78, 5) is 14.1. The number of para-hydroxylation sites is 2. The Balaban J connectivity index is 1.54. The Morgan fingerprint density at radius 3 is 2.64 bits per heavy atom. The minimum Gasteiger partial charge on any atom is -0.486 e. The fraction of sp³-hybridized carbons (Fsp3) is 0.316. The summed E-state index contributed by atoms with van der Waals surface area (Å²) in [5, 5.41) is 0. The topological polar surface area (TPSA) is 48.0 Å². The molecule has 25 heavy (non-hydrogen) atoms.